The van der Waals surface area contributed by atoms with Gasteiger partial charge in [0.25, 0.3) is 0 Å². The Balaban J connectivity index is 2.35. The predicted octanol–water partition coefficient (Wildman–Crippen LogP) is 4.06. The first-order chi connectivity index (χ1) is 8.50. The normalized spacial score (nSPS) is 23.2. The third-order valence-corrected chi connectivity index (χ3v) is 3.17. The van der Waals surface area contributed by atoms with Crippen molar-refractivity contribution in [3.05, 3.63) is 0 Å². The van der Waals surface area contributed by atoms with Crippen LogP contribution in [0.25, 0.3) is 0 Å². The van der Waals surface area contributed by atoms with Crippen molar-refractivity contribution in [2.75, 3.05) is 13.2 Å². The number of alkyl halides is 3. The Hall–Kier alpha value is -0.225. The molecule has 0 spiro atoms. The van der Waals surface area contributed by atoms with Gasteiger partial charge in [0.2, 0.25) is 0 Å². The molecule has 1 saturated carbocycles. The van der Waals surface area contributed by atoms with Gasteiger partial charge < -0.3 is 9.31 Å². The van der Waals surface area contributed by atoms with E-state index in [1.165, 1.54) is 0 Å². The Morgan fingerprint density at radius 2 is 1.56 bits per heavy atom. The molecule has 0 N–H and O–H groups in total. The summed E-state index contributed by atoms with van der Waals surface area (Å²) in [5.41, 5.74) is 0. The van der Waals surface area contributed by atoms with E-state index in [0.717, 1.165) is 25.7 Å². The number of hydrogen-bond acceptors (Lipinski definition) is 2. The summed E-state index contributed by atoms with van der Waals surface area (Å²) in [5, 5.41) is 0. The van der Waals surface area contributed by atoms with E-state index >= 15 is 0 Å². The van der Waals surface area contributed by atoms with Crippen LogP contribution in [0.4, 0.5) is 13.2 Å². The lowest BCUT2D eigenvalue weighted by molar-refractivity contribution is -0.147. The molecule has 2 atom stereocenters. The van der Waals surface area contributed by atoms with E-state index in [0.29, 0.717) is 13.2 Å². The third kappa shape index (κ3) is 5.18. The van der Waals surface area contributed by atoms with Gasteiger partial charge in [-0.25, -0.2) is 0 Å². The van der Waals surface area contributed by atoms with Gasteiger partial charge in [-0.2, -0.15) is 13.2 Å². The highest BCUT2D eigenvalue weighted by Gasteiger charge is 2.61. The smallest absolute Gasteiger partial charge is 0.411 e. The van der Waals surface area contributed by atoms with E-state index in [-0.39, 0.29) is 6.42 Å². The minimum absolute atomic E-state index is 0.145. The first kappa shape index (κ1) is 15.8. The zero-order valence-electron chi connectivity index (χ0n) is 11.1. The van der Waals surface area contributed by atoms with Crippen LogP contribution in [0.15, 0.2) is 0 Å². The number of halogens is 3. The minimum atomic E-state index is -4.11. The summed E-state index contributed by atoms with van der Waals surface area (Å²) in [6.07, 6.45) is -0.310. The van der Waals surface area contributed by atoms with Crippen LogP contribution < -0.4 is 0 Å². The Labute approximate surface area is 107 Å². The summed E-state index contributed by atoms with van der Waals surface area (Å²) in [5.74, 6) is -1.73. The molecule has 0 aromatic rings. The van der Waals surface area contributed by atoms with Crippen LogP contribution in [-0.4, -0.2) is 26.5 Å². The summed E-state index contributed by atoms with van der Waals surface area (Å²) in [7, 11) is -0.672. The molecule has 1 fully saturated rings. The molecule has 0 aromatic carbocycles. The first-order valence-corrected chi connectivity index (χ1v) is 6.80. The molecular formula is C12H22BF3O2. The van der Waals surface area contributed by atoms with Crippen LogP contribution in [0.5, 0.6) is 0 Å². The van der Waals surface area contributed by atoms with E-state index in [4.69, 9.17) is 9.31 Å². The molecule has 0 bridgehead atoms. The SMILES string of the molecule is CCCCOB(OCCCC)C1CC1C(F)(F)F. The Morgan fingerprint density at radius 3 is 1.89 bits per heavy atom. The van der Waals surface area contributed by atoms with Crippen LogP contribution in [0.2, 0.25) is 5.82 Å². The number of unbranched alkanes of at least 4 members (excludes halogenated alkanes) is 2. The lowest BCUT2D eigenvalue weighted by atomic mass is 9.80. The molecular weight excluding hydrogens is 244 g/mol. The van der Waals surface area contributed by atoms with Crippen molar-refractivity contribution in [2.24, 2.45) is 5.92 Å². The van der Waals surface area contributed by atoms with Crippen LogP contribution in [0.1, 0.15) is 46.0 Å². The predicted molar refractivity (Wildman–Crippen MR) is 65.4 cm³/mol. The fourth-order valence-corrected chi connectivity index (χ4v) is 1.87. The van der Waals surface area contributed by atoms with Gasteiger partial charge in [-0.3, -0.25) is 0 Å². The van der Waals surface area contributed by atoms with E-state index in [9.17, 15) is 13.2 Å². The van der Waals surface area contributed by atoms with Crippen molar-refractivity contribution >= 4 is 7.12 Å². The molecule has 0 radical (unpaired) electrons. The first-order valence-electron chi connectivity index (χ1n) is 6.80. The molecule has 0 heterocycles. The Kier molecular flexibility index (Phi) is 6.50. The highest BCUT2D eigenvalue weighted by Crippen LogP contribution is 2.56. The largest absolute Gasteiger partial charge is 0.460 e. The second kappa shape index (κ2) is 7.39. The zero-order valence-corrected chi connectivity index (χ0v) is 11.1. The highest BCUT2D eigenvalue weighted by molar-refractivity contribution is 6.47. The Bertz CT molecular complexity index is 226. The highest BCUT2D eigenvalue weighted by atomic mass is 19.4. The summed E-state index contributed by atoms with van der Waals surface area (Å²) in [4.78, 5) is 0. The summed E-state index contributed by atoms with van der Waals surface area (Å²) >= 11 is 0. The third-order valence-electron chi connectivity index (χ3n) is 3.17. The van der Waals surface area contributed by atoms with Gasteiger partial charge in [-0.15, -0.1) is 0 Å². The fourth-order valence-electron chi connectivity index (χ4n) is 1.87. The lowest BCUT2D eigenvalue weighted by Crippen LogP contribution is -2.27. The van der Waals surface area contributed by atoms with Gasteiger partial charge in [0.1, 0.15) is 0 Å². The molecule has 1 rings (SSSR count). The standard InChI is InChI=1S/C12H22BF3O2/c1-3-5-7-17-13(18-8-6-4-2)11-9-10(11)12(14,15)16/h10-11H,3-9H2,1-2H3. The van der Waals surface area contributed by atoms with Gasteiger partial charge in [-0.1, -0.05) is 26.7 Å². The quantitative estimate of drug-likeness (QED) is 0.462. The molecule has 2 unspecified atom stereocenters. The van der Waals surface area contributed by atoms with Crippen LogP contribution in [-0.2, 0) is 9.31 Å². The second-order valence-electron chi connectivity index (χ2n) is 4.86. The number of hydrogen-bond donors (Lipinski definition) is 0. The molecule has 0 saturated heterocycles. The molecule has 6 heteroatoms. The van der Waals surface area contributed by atoms with Gasteiger partial charge in [0.05, 0.1) is 5.92 Å². The summed E-state index contributed by atoms with van der Waals surface area (Å²) < 4.78 is 48.5. The topological polar surface area (TPSA) is 18.5 Å². The maximum Gasteiger partial charge on any atom is 0.460 e. The molecule has 2 nitrogen and oxygen atoms in total. The van der Waals surface area contributed by atoms with E-state index in [2.05, 4.69) is 0 Å². The van der Waals surface area contributed by atoms with E-state index in [1.807, 2.05) is 13.8 Å². The molecule has 106 valence electrons. The molecule has 1 aliphatic carbocycles. The monoisotopic (exact) mass is 266 g/mol. The maximum absolute atomic E-state index is 12.5. The van der Waals surface area contributed by atoms with Crippen LogP contribution in [0.3, 0.4) is 0 Å². The molecule has 0 aliphatic heterocycles. The molecule has 0 amide bonds. The summed E-state index contributed by atoms with van der Waals surface area (Å²) in [6.45, 7) is 5.00. The minimum Gasteiger partial charge on any atom is -0.411 e. The average molecular weight is 266 g/mol. The zero-order chi connectivity index (χ0) is 13.6. The molecule has 18 heavy (non-hydrogen) atoms. The Morgan fingerprint density at radius 1 is 1.06 bits per heavy atom. The van der Waals surface area contributed by atoms with Crippen LogP contribution >= 0.6 is 0 Å². The van der Waals surface area contributed by atoms with Gasteiger partial charge in [-0.05, 0) is 19.3 Å². The summed E-state index contributed by atoms with van der Waals surface area (Å²) in [6, 6.07) is 0. The van der Waals surface area contributed by atoms with Crippen molar-refractivity contribution in [3.8, 4) is 0 Å². The lowest BCUT2D eigenvalue weighted by Gasteiger charge is -2.15. The average Bonchev–Trinajstić information content (AvgIpc) is 3.07. The van der Waals surface area contributed by atoms with Crippen molar-refractivity contribution in [3.63, 3.8) is 0 Å². The fraction of sp³-hybridized carbons (Fsp3) is 1.00. The number of rotatable bonds is 9. The van der Waals surface area contributed by atoms with Gasteiger partial charge in [0.15, 0.2) is 0 Å². The van der Waals surface area contributed by atoms with E-state index in [1.54, 1.807) is 0 Å². The van der Waals surface area contributed by atoms with Crippen molar-refractivity contribution in [2.45, 2.75) is 57.9 Å². The van der Waals surface area contributed by atoms with E-state index < -0.39 is 25.0 Å². The second-order valence-corrected chi connectivity index (χ2v) is 4.86. The van der Waals surface area contributed by atoms with Crippen molar-refractivity contribution in [1.82, 2.24) is 0 Å². The molecule has 0 aromatic heterocycles. The molecule has 1 aliphatic rings. The van der Waals surface area contributed by atoms with Gasteiger partial charge in [0, 0.05) is 19.0 Å². The van der Waals surface area contributed by atoms with Crippen molar-refractivity contribution < 1.29 is 22.5 Å². The van der Waals surface area contributed by atoms with Crippen LogP contribution in [0, 0.1) is 5.92 Å². The van der Waals surface area contributed by atoms with Gasteiger partial charge >= 0.3 is 13.3 Å². The maximum atomic E-state index is 12.5. The van der Waals surface area contributed by atoms with Crippen molar-refractivity contribution in [1.29, 1.82) is 0 Å².